The second kappa shape index (κ2) is 9.84. The van der Waals surface area contributed by atoms with Gasteiger partial charge in [-0.1, -0.05) is 30.3 Å². The van der Waals surface area contributed by atoms with Crippen LogP contribution in [-0.4, -0.2) is 39.2 Å². The topological polar surface area (TPSA) is 87.0 Å². The Morgan fingerprint density at radius 1 is 0.968 bits per heavy atom. The molecule has 31 heavy (non-hydrogen) atoms. The number of carbonyl (C=O) groups excluding carboxylic acids is 2. The third-order valence-electron chi connectivity index (χ3n) is 4.90. The first-order valence-corrected chi connectivity index (χ1v) is 9.72. The summed E-state index contributed by atoms with van der Waals surface area (Å²) in [5.74, 6) is 1.15. The SMILES string of the molecule is COC(=O)C(Cc1ccccc1)NC(=O)c1cc(-c2ccc(OC)c(OC)c2)oc1C. The van der Waals surface area contributed by atoms with E-state index in [0.717, 1.165) is 11.1 Å². The van der Waals surface area contributed by atoms with E-state index in [4.69, 9.17) is 18.6 Å². The fourth-order valence-electron chi connectivity index (χ4n) is 3.26. The van der Waals surface area contributed by atoms with Gasteiger partial charge in [0.05, 0.1) is 26.9 Å². The number of nitrogens with one attached hydrogen (secondary N) is 1. The summed E-state index contributed by atoms with van der Waals surface area (Å²) >= 11 is 0. The Bertz CT molecular complexity index is 1060. The Labute approximate surface area is 180 Å². The van der Waals surface area contributed by atoms with Crippen LogP contribution in [0.4, 0.5) is 0 Å². The zero-order valence-corrected chi connectivity index (χ0v) is 17.9. The van der Waals surface area contributed by atoms with Crippen LogP contribution in [0, 0.1) is 6.92 Å². The minimum atomic E-state index is -0.821. The van der Waals surface area contributed by atoms with Gasteiger partial charge in [-0.25, -0.2) is 4.79 Å². The number of ether oxygens (including phenoxy) is 3. The summed E-state index contributed by atoms with van der Waals surface area (Å²) in [4.78, 5) is 25.2. The monoisotopic (exact) mass is 423 g/mol. The Hall–Kier alpha value is -3.74. The van der Waals surface area contributed by atoms with Gasteiger partial charge in [-0.15, -0.1) is 0 Å². The van der Waals surface area contributed by atoms with Crippen LogP contribution in [0.25, 0.3) is 11.3 Å². The third-order valence-corrected chi connectivity index (χ3v) is 4.90. The van der Waals surface area contributed by atoms with Gasteiger partial charge in [0, 0.05) is 12.0 Å². The van der Waals surface area contributed by atoms with Crippen LogP contribution in [0.5, 0.6) is 11.5 Å². The molecule has 7 nitrogen and oxygen atoms in total. The van der Waals surface area contributed by atoms with E-state index in [9.17, 15) is 9.59 Å². The van der Waals surface area contributed by atoms with E-state index in [2.05, 4.69) is 5.32 Å². The summed E-state index contributed by atoms with van der Waals surface area (Å²) in [7, 11) is 4.41. The van der Waals surface area contributed by atoms with Gasteiger partial charge in [-0.05, 0) is 36.8 Å². The van der Waals surface area contributed by atoms with Crippen molar-refractivity contribution >= 4 is 11.9 Å². The average molecular weight is 423 g/mol. The largest absolute Gasteiger partial charge is 0.493 e. The Morgan fingerprint density at radius 3 is 2.32 bits per heavy atom. The van der Waals surface area contributed by atoms with Crippen LogP contribution in [0.15, 0.2) is 59.0 Å². The van der Waals surface area contributed by atoms with Gasteiger partial charge >= 0.3 is 5.97 Å². The Kier molecular flexibility index (Phi) is 6.97. The summed E-state index contributed by atoms with van der Waals surface area (Å²) < 4.78 is 21.3. The van der Waals surface area contributed by atoms with Crippen molar-refractivity contribution < 1.29 is 28.2 Å². The molecular formula is C24H25NO6. The molecule has 0 bridgehead atoms. The van der Waals surface area contributed by atoms with Gasteiger partial charge in [-0.2, -0.15) is 0 Å². The van der Waals surface area contributed by atoms with Gasteiger partial charge in [0.2, 0.25) is 0 Å². The van der Waals surface area contributed by atoms with Crippen molar-refractivity contribution in [1.82, 2.24) is 5.32 Å². The van der Waals surface area contributed by atoms with E-state index in [-0.39, 0.29) is 0 Å². The number of carbonyl (C=O) groups is 2. The second-order valence-corrected chi connectivity index (χ2v) is 6.89. The molecule has 0 fully saturated rings. The summed E-state index contributed by atoms with van der Waals surface area (Å²) in [6, 6.07) is 15.6. The highest BCUT2D eigenvalue weighted by Gasteiger charge is 2.25. The summed E-state index contributed by atoms with van der Waals surface area (Å²) in [5, 5.41) is 2.76. The van der Waals surface area contributed by atoms with Crippen LogP contribution in [0.3, 0.4) is 0 Å². The molecule has 0 aliphatic heterocycles. The van der Waals surface area contributed by atoms with E-state index in [1.165, 1.54) is 7.11 Å². The maximum atomic E-state index is 12.9. The predicted octanol–water partition coefficient (Wildman–Crippen LogP) is 3.79. The minimum absolute atomic E-state index is 0.318. The standard InChI is InChI=1S/C24H25NO6/c1-15-18(14-21(31-15)17-10-11-20(28-2)22(13-17)29-3)23(26)25-19(24(27)30-4)12-16-8-6-5-7-9-16/h5-11,13-14,19H,12H2,1-4H3,(H,25,26). The van der Waals surface area contributed by atoms with E-state index in [0.29, 0.717) is 35.0 Å². The van der Waals surface area contributed by atoms with Crippen LogP contribution in [0.1, 0.15) is 21.7 Å². The fourth-order valence-corrected chi connectivity index (χ4v) is 3.26. The first kappa shape index (κ1) is 22.0. The number of hydrogen-bond acceptors (Lipinski definition) is 6. The smallest absolute Gasteiger partial charge is 0.328 e. The normalized spacial score (nSPS) is 11.5. The van der Waals surface area contributed by atoms with E-state index < -0.39 is 17.9 Å². The van der Waals surface area contributed by atoms with Gasteiger partial charge in [0.25, 0.3) is 5.91 Å². The maximum Gasteiger partial charge on any atom is 0.328 e. The van der Waals surface area contributed by atoms with E-state index in [1.807, 2.05) is 36.4 Å². The molecule has 3 rings (SSSR count). The number of amides is 1. The predicted molar refractivity (Wildman–Crippen MR) is 115 cm³/mol. The number of benzene rings is 2. The number of esters is 1. The molecular weight excluding hydrogens is 398 g/mol. The maximum absolute atomic E-state index is 12.9. The fraction of sp³-hybridized carbons (Fsp3) is 0.250. The molecule has 1 heterocycles. The average Bonchev–Trinajstić information content (AvgIpc) is 3.19. The first-order valence-electron chi connectivity index (χ1n) is 9.72. The van der Waals surface area contributed by atoms with Crippen molar-refractivity contribution in [3.8, 4) is 22.8 Å². The third kappa shape index (κ3) is 5.06. The summed E-state index contributed by atoms with van der Waals surface area (Å²) in [6.07, 6.45) is 0.318. The van der Waals surface area contributed by atoms with Gasteiger partial charge in [0.15, 0.2) is 11.5 Å². The molecule has 1 amide bonds. The molecule has 0 saturated carbocycles. The first-order chi connectivity index (χ1) is 15.0. The van der Waals surface area contributed by atoms with E-state index in [1.54, 1.807) is 39.3 Å². The molecule has 2 aromatic carbocycles. The molecule has 1 N–H and O–H groups in total. The molecule has 0 spiro atoms. The Balaban J connectivity index is 1.83. The number of rotatable bonds is 8. The molecule has 7 heteroatoms. The van der Waals surface area contributed by atoms with Crippen molar-refractivity contribution in [3.63, 3.8) is 0 Å². The second-order valence-electron chi connectivity index (χ2n) is 6.89. The molecule has 1 aromatic heterocycles. The highest BCUT2D eigenvalue weighted by Crippen LogP contribution is 2.34. The van der Waals surface area contributed by atoms with Crippen LogP contribution in [-0.2, 0) is 16.0 Å². The molecule has 0 aliphatic carbocycles. The van der Waals surface area contributed by atoms with Crippen molar-refractivity contribution in [1.29, 1.82) is 0 Å². The van der Waals surface area contributed by atoms with Crippen LogP contribution >= 0.6 is 0 Å². The molecule has 0 saturated heterocycles. The lowest BCUT2D eigenvalue weighted by Gasteiger charge is -2.16. The van der Waals surface area contributed by atoms with Crippen molar-refractivity contribution in [3.05, 3.63) is 71.5 Å². The number of aryl methyl sites for hydroxylation is 1. The zero-order valence-electron chi connectivity index (χ0n) is 17.9. The van der Waals surface area contributed by atoms with Crippen molar-refractivity contribution in [2.75, 3.05) is 21.3 Å². The molecule has 0 aliphatic rings. The zero-order chi connectivity index (χ0) is 22.4. The minimum Gasteiger partial charge on any atom is -0.493 e. The molecule has 0 radical (unpaired) electrons. The van der Waals surface area contributed by atoms with Gasteiger partial charge in [-0.3, -0.25) is 4.79 Å². The van der Waals surface area contributed by atoms with Crippen LogP contribution in [0.2, 0.25) is 0 Å². The lowest BCUT2D eigenvalue weighted by molar-refractivity contribution is -0.142. The van der Waals surface area contributed by atoms with Gasteiger partial charge in [0.1, 0.15) is 17.6 Å². The summed E-state index contributed by atoms with van der Waals surface area (Å²) in [6.45, 7) is 1.70. The lowest BCUT2D eigenvalue weighted by atomic mass is 10.1. The van der Waals surface area contributed by atoms with Gasteiger partial charge < -0.3 is 23.9 Å². The quantitative estimate of drug-likeness (QED) is 0.555. The molecule has 3 aromatic rings. The Morgan fingerprint density at radius 2 is 1.68 bits per heavy atom. The number of hydrogen-bond donors (Lipinski definition) is 1. The number of methoxy groups -OCH3 is 3. The van der Waals surface area contributed by atoms with Crippen LogP contribution < -0.4 is 14.8 Å². The highest BCUT2D eigenvalue weighted by atomic mass is 16.5. The molecule has 1 atom stereocenters. The molecule has 162 valence electrons. The highest BCUT2D eigenvalue weighted by molar-refractivity contribution is 5.98. The number of furan rings is 1. The lowest BCUT2D eigenvalue weighted by Crippen LogP contribution is -2.43. The van der Waals surface area contributed by atoms with Crippen molar-refractivity contribution in [2.45, 2.75) is 19.4 Å². The summed E-state index contributed by atoms with van der Waals surface area (Å²) in [5.41, 5.74) is 1.98. The van der Waals surface area contributed by atoms with E-state index >= 15 is 0 Å². The molecule has 1 unspecified atom stereocenters. The van der Waals surface area contributed by atoms with Crippen molar-refractivity contribution in [2.24, 2.45) is 0 Å².